The van der Waals surface area contributed by atoms with Crippen LogP contribution >= 0.6 is 0 Å². The summed E-state index contributed by atoms with van der Waals surface area (Å²) in [6, 6.07) is 8.16. The number of likely N-dealkylation sites (tertiary alicyclic amines) is 1. The van der Waals surface area contributed by atoms with Gasteiger partial charge in [0.1, 0.15) is 12.3 Å². The summed E-state index contributed by atoms with van der Waals surface area (Å²) in [6.45, 7) is 9.25. The van der Waals surface area contributed by atoms with Crippen LogP contribution in [0.5, 0.6) is 5.75 Å². The van der Waals surface area contributed by atoms with Crippen molar-refractivity contribution in [1.29, 1.82) is 0 Å². The standard InChI is InChI=1S/C20H29N5O2/c1-14(2)13-27-18-10-8-17(9-11-18)20-21-23-24(22-20)12-19(26)25-15(3)6-5-7-16(25)4/h8-11,14-16H,5-7,12-13H2,1-4H3. The van der Waals surface area contributed by atoms with Crippen LogP contribution in [-0.2, 0) is 11.3 Å². The van der Waals surface area contributed by atoms with Crippen molar-refractivity contribution in [1.82, 2.24) is 25.1 Å². The lowest BCUT2D eigenvalue weighted by Gasteiger charge is -2.38. The quantitative estimate of drug-likeness (QED) is 0.780. The Hall–Kier alpha value is -2.44. The summed E-state index contributed by atoms with van der Waals surface area (Å²) in [6.07, 6.45) is 3.28. The van der Waals surface area contributed by atoms with Crippen molar-refractivity contribution in [2.75, 3.05) is 6.61 Å². The van der Waals surface area contributed by atoms with Crippen molar-refractivity contribution in [3.05, 3.63) is 24.3 Å². The molecule has 2 aromatic rings. The first kappa shape index (κ1) is 19.3. The Morgan fingerprint density at radius 2 is 1.85 bits per heavy atom. The van der Waals surface area contributed by atoms with Crippen LogP contribution in [0.3, 0.4) is 0 Å². The summed E-state index contributed by atoms with van der Waals surface area (Å²) in [5, 5.41) is 12.5. The van der Waals surface area contributed by atoms with E-state index in [4.69, 9.17) is 4.74 Å². The fraction of sp³-hybridized carbons (Fsp3) is 0.600. The fourth-order valence-electron chi connectivity index (χ4n) is 3.50. The molecule has 0 bridgehead atoms. The zero-order valence-corrected chi connectivity index (χ0v) is 16.6. The predicted octanol–water partition coefficient (Wildman–Crippen LogP) is 3.16. The summed E-state index contributed by atoms with van der Waals surface area (Å²) in [5.41, 5.74) is 0.852. The number of carbonyl (C=O) groups is 1. The van der Waals surface area contributed by atoms with Gasteiger partial charge < -0.3 is 9.64 Å². The normalized spacial score (nSPS) is 20.1. The highest BCUT2D eigenvalue weighted by Gasteiger charge is 2.29. The molecule has 146 valence electrons. The molecule has 1 fully saturated rings. The molecular weight excluding hydrogens is 342 g/mol. The second-order valence-corrected chi connectivity index (χ2v) is 7.80. The van der Waals surface area contributed by atoms with Crippen molar-refractivity contribution in [3.8, 4) is 17.1 Å². The highest BCUT2D eigenvalue weighted by molar-refractivity contribution is 5.76. The predicted molar refractivity (Wildman–Crippen MR) is 103 cm³/mol. The average Bonchev–Trinajstić information content (AvgIpc) is 3.08. The second kappa shape index (κ2) is 8.50. The molecule has 0 aliphatic carbocycles. The van der Waals surface area contributed by atoms with Crippen molar-refractivity contribution >= 4 is 5.91 Å². The van der Waals surface area contributed by atoms with Crippen LogP contribution in [0.2, 0.25) is 0 Å². The minimum atomic E-state index is 0.0519. The molecule has 2 heterocycles. The molecule has 1 aromatic heterocycles. The van der Waals surface area contributed by atoms with Crippen molar-refractivity contribution < 1.29 is 9.53 Å². The first-order valence-corrected chi connectivity index (χ1v) is 9.76. The van der Waals surface area contributed by atoms with E-state index in [9.17, 15) is 4.79 Å². The SMILES string of the molecule is CC(C)COc1ccc(-c2nnn(CC(=O)N3C(C)CCCC3C)n2)cc1. The van der Waals surface area contributed by atoms with E-state index < -0.39 is 0 Å². The second-order valence-electron chi connectivity index (χ2n) is 7.80. The van der Waals surface area contributed by atoms with E-state index in [2.05, 4.69) is 43.1 Å². The summed E-state index contributed by atoms with van der Waals surface area (Å²) in [5.74, 6) is 1.87. The third kappa shape index (κ3) is 4.84. The van der Waals surface area contributed by atoms with Crippen LogP contribution in [0.25, 0.3) is 11.4 Å². The van der Waals surface area contributed by atoms with E-state index in [1.165, 1.54) is 11.2 Å². The molecule has 7 nitrogen and oxygen atoms in total. The van der Waals surface area contributed by atoms with Crippen LogP contribution in [0.1, 0.15) is 47.0 Å². The van der Waals surface area contributed by atoms with Gasteiger partial charge in [-0.25, -0.2) is 0 Å². The van der Waals surface area contributed by atoms with Gasteiger partial charge in [-0.2, -0.15) is 4.80 Å². The number of benzene rings is 1. The van der Waals surface area contributed by atoms with E-state index in [0.29, 0.717) is 18.3 Å². The zero-order chi connectivity index (χ0) is 19.4. The minimum absolute atomic E-state index is 0.0519. The van der Waals surface area contributed by atoms with E-state index in [0.717, 1.165) is 24.2 Å². The number of ether oxygens (including phenoxy) is 1. The highest BCUT2D eigenvalue weighted by Crippen LogP contribution is 2.23. The Morgan fingerprint density at radius 1 is 1.19 bits per heavy atom. The summed E-state index contributed by atoms with van der Waals surface area (Å²) in [7, 11) is 0. The third-order valence-corrected chi connectivity index (χ3v) is 4.91. The molecule has 27 heavy (non-hydrogen) atoms. The number of rotatable bonds is 6. The number of piperidine rings is 1. The maximum absolute atomic E-state index is 12.7. The molecular formula is C20H29N5O2. The Kier molecular flexibility index (Phi) is 6.08. The monoisotopic (exact) mass is 371 g/mol. The number of tetrazole rings is 1. The van der Waals surface area contributed by atoms with Crippen molar-refractivity contribution in [2.45, 2.75) is 65.6 Å². The largest absolute Gasteiger partial charge is 0.493 e. The van der Waals surface area contributed by atoms with Gasteiger partial charge in [0.2, 0.25) is 11.7 Å². The van der Waals surface area contributed by atoms with Gasteiger partial charge in [0.25, 0.3) is 0 Å². The fourth-order valence-corrected chi connectivity index (χ4v) is 3.50. The van der Waals surface area contributed by atoms with Gasteiger partial charge in [-0.1, -0.05) is 13.8 Å². The molecule has 0 radical (unpaired) electrons. The summed E-state index contributed by atoms with van der Waals surface area (Å²) in [4.78, 5) is 16.0. The van der Waals surface area contributed by atoms with Crippen molar-refractivity contribution in [3.63, 3.8) is 0 Å². The lowest BCUT2D eigenvalue weighted by atomic mass is 9.97. The maximum Gasteiger partial charge on any atom is 0.246 e. The molecule has 2 atom stereocenters. The molecule has 0 N–H and O–H groups in total. The maximum atomic E-state index is 12.7. The van der Waals surface area contributed by atoms with E-state index in [1.807, 2.05) is 29.2 Å². The molecule has 1 amide bonds. The third-order valence-electron chi connectivity index (χ3n) is 4.91. The zero-order valence-electron chi connectivity index (χ0n) is 16.6. The van der Waals surface area contributed by atoms with Gasteiger partial charge in [0.05, 0.1) is 6.61 Å². The number of hydrogen-bond donors (Lipinski definition) is 0. The van der Waals surface area contributed by atoms with Crippen LogP contribution in [0, 0.1) is 5.92 Å². The lowest BCUT2D eigenvalue weighted by molar-refractivity contribution is -0.138. The molecule has 7 heteroatoms. The van der Waals surface area contributed by atoms with E-state index >= 15 is 0 Å². The average molecular weight is 371 g/mol. The van der Waals surface area contributed by atoms with E-state index in [1.54, 1.807) is 0 Å². The molecule has 1 saturated heterocycles. The topological polar surface area (TPSA) is 73.1 Å². The minimum Gasteiger partial charge on any atom is -0.493 e. The van der Waals surface area contributed by atoms with Crippen LogP contribution < -0.4 is 4.74 Å². The molecule has 2 unspecified atom stereocenters. The Bertz CT molecular complexity index is 746. The summed E-state index contributed by atoms with van der Waals surface area (Å²) >= 11 is 0. The molecule has 3 rings (SSSR count). The van der Waals surface area contributed by atoms with Crippen LogP contribution in [0.15, 0.2) is 24.3 Å². The number of amides is 1. The molecule has 0 spiro atoms. The Morgan fingerprint density at radius 3 is 2.48 bits per heavy atom. The number of aromatic nitrogens is 4. The Labute approximate surface area is 160 Å². The summed E-state index contributed by atoms with van der Waals surface area (Å²) < 4.78 is 5.69. The Balaban J connectivity index is 1.63. The van der Waals surface area contributed by atoms with Gasteiger partial charge >= 0.3 is 0 Å². The van der Waals surface area contributed by atoms with Crippen LogP contribution in [0.4, 0.5) is 0 Å². The van der Waals surface area contributed by atoms with Gasteiger partial charge in [-0.15, -0.1) is 10.2 Å². The number of carbonyl (C=O) groups excluding carboxylic acids is 1. The van der Waals surface area contributed by atoms with E-state index in [-0.39, 0.29) is 24.5 Å². The highest BCUT2D eigenvalue weighted by atomic mass is 16.5. The molecule has 0 saturated carbocycles. The first-order valence-electron chi connectivity index (χ1n) is 9.76. The van der Waals surface area contributed by atoms with Gasteiger partial charge in [0, 0.05) is 17.6 Å². The van der Waals surface area contributed by atoms with Gasteiger partial charge in [-0.3, -0.25) is 4.79 Å². The molecule has 1 aliphatic rings. The molecule has 1 aliphatic heterocycles. The van der Waals surface area contributed by atoms with Crippen LogP contribution in [-0.4, -0.2) is 49.7 Å². The van der Waals surface area contributed by atoms with Crippen molar-refractivity contribution in [2.24, 2.45) is 5.92 Å². The molecule has 1 aromatic carbocycles. The first-order chi connectivity index (χ1) is 12.9. The van der Waals surface area contributed by atoms with Gasteiger partial charge in [0.15, 0.2) is 0 Å². The number of hydrogen-bond acceptors (Lipinski definition) is 5. The lowest BCUT2D eigenvalue weighted by Crippen LogP contribution is -2.48. The van der Waals surface area contributed by atoms with Gasteiger partial charge in [-0.05, 0) is 68.5 Å². The number of nitrogens with zero attached hydrogens (tertiary/aromatic N) is 5. The smallest absolute Gasteiger partial charge is 0.246 e.